The number of anilines is 1. The molecule has 3 rings (SSSR count). The number of terminal acetylenes is 1. The summed E-state index contributed by atoms with van der Waals surface area (Å²) >= 11 is 0. The lowest BCUT2D eigenvalue weighted by atomic mass is 10.1. The van der Waals surface area contributed by atoms with Gasteiger partial charge in [-0.2, -0.15) is 5.10 Å². The van der Waals surface area contributed by atoms with Gasteiger partial charge in [0.2, 0.25) is 0 Å². The van der Waals surface area contributed by atoms with Crippen LogP contribution in [-0.2, 0) is 6.54 Å². The van der Waals surface area contributed by atoms with Crippen LogP contribution in [0.1, 0.15) is 29.9 Å². The molecule has 0 aliphatic carbocycles. The van der Waals surface area contributed by atoms with Crippen molar-refractivity contribution < 1.29 is 4.79 Å². The first-order valence-corrected chi connectivity index (χ1v) is 8.37. The molecule has 1 heterocycles. The Morgan fingerprint density at radius 2 is 1.92 bits per heavy atom. The number of rotatable bonds is 4. The van der Waals surface area contributed by atoms with Crippen LogP contribution in [0.5, 0.6) is 0 Å². The number of hydrogen-bond acceptors (Lipinski definition) is 3. The van der Waals surface area contributed by atoms with Crippen molar-refractivity contribution in [1.82, 2.24) is 9.78 Å². The number of carbonyl (C=O) groups excluding carboxylic acids is 1. The largest absolute Gasteiger partial charge is 0.321 e. The summed E-state index contributed by atoms with van der Waals surface area (Å²) in [7, 11) is 0. The van der Waals surface area contributed by atoms with Gasteiger partial charge in [0, 0.05) is 23.2 Å². The second-order valence-electron chi connectivity index (χ2n) is 6.45. The Morgan fingerprint density at radius 1 is 1.19 bits per heavy atom. The zero-order valence-corrected chi connectivity index (χ0v) is 14.7. The number of carbonyl (C=O) groups is 1. The molecule has 0 aliphatic rings. The minimum Gasteiger partial charge on any atom is -0.321 e. The van der Waals surface area contributed by atoms with Gasteiger partial charge in [-0.05, 0) is 30.2 Å². The van der Waals surface area contributed by atoms with Crippen molar-refractivity contribution in [2.24, 2.45) is 5.92 Å². The third kappa shape index (κ3) is 3.50. The lowest BCUT2D eigenvalue weighted by molar-refractivity contribution is 0.102. The molecule has 0 saturated heterocycles. The molecule has 5 heteroatoms. The van der Waals surface area contributed by atoms with Gasteiger partial charge in [-0.25, -0.2) is 4.68 Å². The van der Waals surface area contributed by atoms with E-state index in [0.29, 0.717) is 28.6 Å². The predicted octanol–water partition coefficient (Wildman–Crippen LogP) is 3.29. The van der Waals surface area contributed by atoms with E-state index in [1.807, 2.05) is 13.8 Å². The molecule has 5 nitrogen and oxygen atoms in total. The molecule has 2 aromatic carbocycles. The van der Waals surface area contributed by atoms with E-state index in [-0.39, 0.29) is 23.1 Å². The average molecular weight is 345 g/mol. The molecule has 1 N–H and O–H groups in total. The Labute approximate surface area is 151 Å². The van der Waals surface area contributed by atoms with E-state index < -0.39 is 0 Å². The molecule has 0 fully saturated rings. The molecule has 3 aromatic rings. The number of aromatic nitrogens is 2. The quantitative estimate of drug-likeness (QED) is 0.738. The third-order valence-corrected chi connectivity index (χ3v) is 3.91. The van der Waals surface area contributed by atoms with Gasteiger partial charge >= 0.3 is 0 Å². The highest BCUT2D eigenvalue weighted by molar-refractivity contribution is 6.11. The summed E-state index contributed by atoms with van der Waals surface area (Å²) in [5, 5.41) is 8.15. The molecule has 1 aromatic heterocycles. The molecule has 0 bridgehead atoms. The summed E-state index contributed by atoms with van der Waals surface area (Å²) in [6.07, 6.45) is 5.40. The Bertz CT molecular complexity index is 1070. The van der Waals surface area contributed by atoms with Gasteiger partial charge in [0.25, 0.3) is 11.5 Å². The van der Waals surface area contributed by atoms with Crippen LogP contribution in [0.25, 0.3) is 10.8 Å². The third-order valence-electron chi connectivity index (χ3n) is 3.91. The molecule has 0 saturated carbocycles. The standard InChI is InChI=1S/C21H19N3O2/c1-4-15-8-7-9-16(12-15)22-20(25)19-17-10-5-6-11-18(17)21(26)24(23-19)13-14(2)3/h1,5-12,14H,13H2,2-3H3,(H,22,25). The van der Waals surface area contributed by atoms with Gasteiger partial charge in [0.15, 0.2) is 5.69 Å². The summed E-state index contributed by atoms with van der Waals surface area (Å²) in [5.74, 6) is 2.38. The highest BCUT2D eigenvalue weighted by Crippen LogP contribution is 2.16. The van der Waals surface area contributed by atoms with Gasteiger partial charge < -0.3 is 5.32 Å². The van der Waals surface area contributed by atoms with Crippen molar-refractivity contribution in [3.63, 3.8) is 0 Å². The van der Waals surface area contributed by atoms with Crippen LogP contribution in [0.4, 0.5) is 5.69 Å². The number of fused-ring (bicyclic) bond motifs is 1. The molecule has 0 unspecified atom stereocenters. The van der Waals surface area contributed by atoms with E-state index in [9.17, 15) is 9.59 Å². The lowest BCUT2D eigenvalue weighted by Crippen LogP contribution is -2.29. The van der Waals surface area contributed by atoms with Gasteiger partial charge in [-0.1, -0.05) is 44.0 Å². The second kappa shape index (κ2) is 7.24. The van der Waals surface area contributed by atoms with Crippen molar-refractivity contribution in [2.75, 3.05) is 5.32 Å². The Hall–Kier alpha value is -3.39. The van der Waals surface area contributed by atoms with Gasteiger partial charge in [-0.15, -0.1) is 6.42 Å². The first-order chi connectivity index (χ1) is 12.5. The van der Waals surface area contributed by atoms with Crippen molar-refractivity contribution in [2.45, 2.75) is 20.4 Å². The molecular weight excluding hydrogens is 326 g/mol. The summed E-state index contributed by atoms with van der Waals surface area (Å²) < 4.78 is 1.36. The molecular formula is C21H19N3O2. The van der Waals surface area contributed by atoms with Crippen LogP contribution >= 0.6 is 0 Å². The number of nitrogens with one attached hydrogen (secondary N) is 1. The zero-order chi connectivity index (χ0) is 18.7. The summed E-state index contributed by atoms with van der Waals surface area (Å²) in [5.41, 5.74) is 1.27. The van der Waals surface area contributed by atoms with Crippen LogP contribution in [-0.4, -0.2) is 15.7 Å². The average Bonchev–Trinajstić information content (AvgIpc) is 2.64. The fourth-order valence-electron chi connectivity index (χ4n) is 2.75. The highest BCUT2D eigenvalue weighted by atomic mass is 16.2. The SMILES string of the molecule is C#Cc1cccc(NC(=O)c2nn(CC(C)C)c(=O)c3ccccc23)c1. The lowest BCUT2D eigenvalue weighted by Gasteiger charge is -2.13. The smallest absolute Gasteiger partial charge is 0.276 e. The van der Waals surface area contributed by atoms with E-state index in [1.165, 1.54) is 4.68 Å². The first-order valence-electron chi connectivity index (χ1n) is 8.37. The van der Waals surface area contributed by atoms with Gasteiger partial charge in [-0.3, -0.25) is 9.59 Å². The van der Waals surface area contributed by atoms with Crippen molar-refractivity contribution in [1.29, 1.82) is 0 Å². The summed E-state index contributed by atoms with van der Waals surface area (Å²) in [6, 6.07) is 14.0. The second-order valence-corrected chi connectivity index (χ2v) is 6.45. The normalized spacial score (nSPS) is 10.7. The van der Waals surface area contributed by atoms with Crippen molar-refractivity contribution >= 4 is 22.4 Å². The Morgan fingerprint density at radius 3 is 2.62 bits per heavy atom. The zero-order valence-electron chi connectivity index (χ0n) is 14.7. The molecule has 0 atom stereocenters. The number of nitrogens with zero attached hydrogens (tertiary/aromatic N) is 2. The van der Waals surface area contributed by atoms with Crippen LogP contribution in [0, 0.1) is 18.3 Å². The fourth-order valence-corrected chi connectivity index (χ4v) is 2.75. The predicted molar refractivity (Wildman–Crippen MR) is 103 cm³/mol. The van der Waals surface area contributed by atoms with Crippen LogP contribution in [0.2, 0.25) is 0 Å². The number of amides is 1. The Kier molecular flexibility index (Phi) is 4.85. The maximum absolute atomic E-state index is 12.8. The van der Waals surface area contributed by atoms with E-state index in [2.05, 4.69) is 16.3 Å². The van der Waals surface area contributed by atoms with E-state index in [0.717, 1.165) is 0 Å². The summed E-state index contributed by atoms with van der Waals surface area (Å²) in [4.78, 5) is 25.5. The summed E-state index contributed by atoms with van der Waals surface area (Å²) in [6.45, 7) is 4.43. The van der Waals surface area contributed by atoms with E-state index in [1.54, 1.807) is 48.5 Å². The van der Waals surface area contributed by atoms with E-state index >= 15 is 0 Å². The highest BCUT2D eigenvalue weighted by Gasteiger charge is 2.17. The van der Waals surface area contributed by atoms with Crippen LogP contribution in [0.3, 0.4) is 0 Å². The number of hydrogen-bond donors (Lipinski definition) is 1. The Balaban J connectivity index is 2.08. The topological polar surface area (TPSA) is 64.0 Å². The fraction of sp³-hybridized carbons (Fsp3) is 0.190. The molecule has 26 heavy (non-hydrogen) atoms. The molecule has 130 valence electrons. The molecule has 0 radical (unpaired) electrons. The maximum atomic E-state index is 12.8. The molecule has 0 spiro atoms. The minimum atomic E-state index is -0.382. The van der Waals surface area contributed by atoms with Gasteiger partial charge in [0.1, 0.15) is 0 Å². The number of benzene rings is 2. The van der Waals surface area contributed by atoms with Crippen molar-refractivity contribution in [3.8, 4) is 12.3 Å². The van der Waals surface area contributed by atoms with Crippen LogP contribution in [0.15, 0.2) is 53.3 Å². The first kappa shape index (κ1) is 17.4. The monoisotopic (exact) mass is 345 g/mol. The molecule has 1 amide bonds. The van der Waals surface area contributed by atoms with Crippen molar-refractivity contribution in [3.05, 3.63) is 70.1 Å². The maximum Gasteiger partial charge on any atom is 0.276 e. The minimum absolute atomic E-state index is 0.194. The molecule has 0 aliphatic heterocycles. The van der Waals surface area contributed by atoms with E-state index in [4.69, 9.17) is 6.42 Å². The van der Waals surface area contributed by atoms with Gasteiger partial charge in [0.05, 0.1) is 5.39 Å². The van der Waals surface area contributed by atoms with Crippen LogP contribution < -0.4 is 10.9 Å².